The Morgan fingerprint density at radius 1 is 1.25 bits per heavy atom. The molecule has 0 saturated heterocycles. The Balaban J connectivity index is 3.08. The van der Waals surface area contributed by atoms with Crippen molar-refractivity contribution in [2.24, 2.45) is 0 Å². The van der Waals surface area contributed by atoms with Crippen LogP contribution in [-0.4, -0.2) is 19.2 Å². The van der Waals surface area contributed by atoms with Crippen molar-refractivity contribution in [3.8, 4) is 0 Å². The topological polar surface area (TPSA) is 38.3 Å². The summed E-state index contributed by atoms with van der Waals surface area (Å²) in [5.41, 5.74) is 0. The molecule has 0 aromatic carbocycles. The van der Waals surface area contributed by atoms with Crippen LogP contribution in [0.1, 0.15) is 39.5 Å². The molecule has 0 atom stereocenters. The molecule has 0 rings (SSSR count). The Morgan fingerprint density at radius 2 is 2.00 bits per heavy atom. The first-order valence-electron chi connectivity index (χ1n) is 4.71. The van der Waals surface area contributed by atoms with E-state index in [-0.39, 0.29) is 6.09 Å². The Morgan fingerprint density at radius 3 is 2.58 bits per heavy atom. The Hall–Kier alpha value is -0.730. The zero-order valence-corrected chi connectivity index (χ0v) is 8.06. The smallest absolute Gasteiger partial charge is 0.407 e. The lowest BCUT2D eigenvalue weighted by molar-refractivity contribution is 0.144. The fourth-order valence-corrected chi connectivity index (χ4v) is 0.795. The van der Waals surface area contributed by atoms with Crippen LogP contribution in [0.5, 0.6) is 0 Å². The third-order valence-electron chi connectivity index (χ3n) is 1.50. The van der Waals surface area contributed by atoms with Gasteiger partial charge in [0.25, 0.3) is 0 Å². The van der Waals surface area contributed by atoms with Crippen molar-refractivity contribution in [1.82, 2.24) is 5.32 Å². The van der Waals surface area contributed by atoms with Crippen molar-refractivity contribution in [3.05, 3.63) is 0 Å². The molecule has 1 N–H and O–H groups in total. The number of alkyl carbamates (subject to hydrolysis) is 1. The Kier molecular flexibility index (Phi) is 7.86. The molecule has 3 nitrogen and oxygen atoms in total. The molecule has 0 saturated carbocycles. The summed E-state index contributed by atoms with van der Waals surface area (Å²) in [5.74, 6) is 0. The minimum atomic E-state index is -0.284. The summed E-state index contributed by atoms with van der Waals surface area (Å²) in [6.07, 6.45) is 3.91. The predicted octanol–water partition coefficient (Wildman–Crippen LogP) is 2.31. The summed E-state index contributed by atoms with van der Waals surface area (Å²) in [5, 5.41) is 2.65. The number of hydrogen-bond acceptors (Lipinski definition) is 2. The molecule has 0 aromatic heterocycles. The molecule has 12 heavy (non-hydrogen) atoms. The third kappa shape index (κ3) is 7.38. The van der Waals surface area contributed by atoms with Crippen LogP contribution < -0.4 is 5.32 Å². The quantitative estimate of drug-likeness (QED) is 0.626. The van der Waals surface area contributed by atoms with E-state index in [9.17, 15) is 4.79 Å². The molecule has 0 heterocycles. The second-order valence-corrected chi connectivity index (χ2v) is 2.77. The highest BCUT2D eigenvalue weighted by atomic mass is 16.5. The standard InChI is InChI=1S/C9H19NO2/c1-3-5-6-8-12-9(11)10-7-4-2/h3-8H2,1-2H3,(H,10,11). The average Bonchev–Trinajstić information content (AvgIpc) is 2.09. The van der Waals surface area contributed by atoms with Crippen LogP contribution in [0.25, 0.3) is 0 Å². The van der Waals surface area contributed by atoms with Crippen molar-refractivity contribution in [2.45, 2.75) is 39.5 Å². The monoisotopic (exact) mass is 173 g/mol. The number of carbonyl (C=O) groups excluding carboxylic acids is 1. The van der Waals surface area contributed by atoms with Gasteiger partial charge in [0.1, 0.15) is 0 Å². The summed E-state index contributed by atoms with van der Waals surface area (Å²) < 4.78 is 4.90. The number of nitrogens with one attached hydrogen (secondary N) is 1. The Labute approximate surface area is 74.5 Å². The van der Waals surface area contributed by atoms with Crippen LogP contribution in [-0.2, 0) is 4.74 Å². The first-order valence-corrected chi connectivity index (χ1v) is 4.71. The van der Waals surface area contributed by atoms with Crippen molar-refractivity contribution in [1.29, 1.82) is 0 Å². The zero-order chi connectivity index (χ0) is 9.23. The van der Waals surface area contributed by atoms with E-state index in [1.807, 2.05) is 6.92 Å². The van der Waals surface area contributed by atoms with Gasteiger partial charge in [0, 0.05) is 6.54 Å². The van der Waals surface area contributed by atoms with Gasteiger partial charge in [0.05, 0.1) is 6.61 Å². The van der Waals surface area contributed by atoms with Crippen molar-refractivity contribution in [2.75, 3.05) is 13.2 Å². The lowest BCUT2D eigenvalue weighted by Crippen LogP contribution is -2.25. The van der Waals surface area contributed by atoms with Gasteiger partial charge in [0.2, 0.25) is 0 Å². The molecule has 3 heteroatoms. The zero-order valence-electron chi connectivity index (χ0n) is 8.06. The number of hydrogen-bond donors (Lipinski definition) is 1. The molecule has 0 unspecified atom stereocenters. The minimum absolute atomic E-state index is 0.284. The fourth-order valence-electron chi connectivity index (χ4n) is 0.795. The molecule has 0 aromatic rings. The van der Waals surface area contributed by atoms with Gasteiger partial charge < -0.3 is 10.1 Å². The van der Waals surface area contributed by atoms with Gasteiger partial charge in [-0.25, -0.2) is 4.79 Å². The molecule has 1 amide bonds. The van der Waals surface area contributed by atoms with Gasteiger partial charge in [-0.15, -0.1) is 0 Å². The lowest BCUT2D eigenvalue weighted by Gasteiger charge is -2.04. The van der Waals surface area contributed by atoms with Gasteiger partial charge in [-0.3, -0.25) is 0 Å². The predicted molar refractivity (Wildman–Crippen MR) is 49.2 cm³/mol. The number of amides is 1. The first kappa shape index (κ1) is 11.3. The maximum absolute atomic E-state index is 10.8. The van der Waals surface area contributed by atoms with Crippen LogP contribution in [0.2, 0.25) is 0 Å². The SMILES string of the molecule is CCCCCOC(=O)NCCC. The molecule has 0 fully saturated rings. The van der Waals surface area contributed by atoms with Crippen molar-refractivity contribution in [3.63, 3.8) is 0 Å². The van der Waals surface area contributed by atoms with E-state index in [0.29, 0.717) is 13.2 Å². The van der Waals surface area contributed by atoms with E-state index in [1.165, 1.54) is 0 Å². The highest BCUT2D eigenvalue weighted by Gasteiger charge is 1.97. The van der Waals surface area contributed by atoms with Crippen LogP contribution in [0.15, 0.2) is 0 Å². The van der Waals surface area contributed by atoms with E-state index >= 15 is 0 Å². The summed E-state index contributed by atoms with van der Waals surface area (Å²) in [6, 6.07) is 0. The molecular weight excluding hydrogens is 154 g/mol. The van der Waals surface area contributed by atoms with Gasteiger partial charge in [-0.1, -0.05) is 26.7 Å². The van der Waals surface area contributed by atoms with Gasteiger partial charge in [0.15, 0.2) is 0 Å². The summed E-state index contributed by atoms with van der Waals surface area (Å²) >= 11 is 0. The molecular formula is C9H19NO2. The molecule has 0 aliphatic heterocycles. The molecule has 0 aliphatic carbocycles. The minimum Gasteiger partial charge on any atom is -0.450 e. The van der Waals surface area contributed by atoms with Crippen molar-refractivity contribution < 1.29 is 9.53 Å². The van der Waals surface area contributed by atoms with Gasteiger partial charge in [-0.05, 0) is 12.8 Å². The molecule has 72 valence electrons. The normalized spacial score (nSPS) is 9.50. The number of carbonyl (C=O) groups is 1. The van der Waals surface area contributed by atoms with Crippen LogP contribution in [0.3, 0.4) is 0 Å². The van der Waals surface area contributed by atoms with Crippen LogP contribution in [0, 0.1) is 0 Å². The maximum Gasteiger partial charge on any atom is 0.407 e. The number of ether oxygens (including phenoxy) is 1. The van der Waals surface area contributed by atoms with E-state index in [0.717, 1.165) is 25.7 Å². The van der Waals surface area contributed by atoms with Gasteiger partial charge in [-0.2, -0.15) is 0 Å². The molecule has 0 spiro atoms. The number of unbranched alkanes of at least 4 members (excludes halogenated alkanes) is 2. The molecule has 0 radical (unpaired) electrons. The molecule has 0 aliphatic rings. The summed E-state index contributed by atoms with van der Waals surface area (Å²) in [6.45, 7) is 5.38. The maximum atomic E-state index is 10.8. The Bertz CT molecular complexity index is 115. The van der Waals surface area contributed by atoms with E-state index in [2.05, 4.69) is 12.2 Å². The van der Waals surface area contributed by atoms with E-state index < -0.39 is 0 Å². The second kappa shape index (κ2) is 8.37. The van der Waals surface area contributed by atoms with Crippen molar-refractivity contribution >= 4 is 6.09 Å². The third-order valence-corrected chi connectivity index (χ3v) is 1.50. The van der Waals surface area contributed by atoms with Gasteiger partial charge >= 0.3 is 6.09 Å². The van der Waals surface area contributed by atoms with E-state index in [1.54, 1.807) is 0 Å². The van der Waals surface area contributed by atoms with E-state index in [4.69, 9.17) is 4.74 Å². The highest BCUT2D eigenvalue weighted by Crippen LogP contribution is 1.93. The fraction of sp³-hybridized carbons (Fsp3) is 0.889. The summed E-state index contributed by atoms with van der Waals surface area (Å²) in [4.78, 5) is 10.8. The molecule has 0 bridgehead atoms. The summed E-state index contributed by atoms with van der Waals surface area (Å²) in [7, 11) is 0. The lowest BCUT2D eigenvalue weighted by atomic mass is 10.3. The number of rotatable bonds is 6. The largest absolute Gasteiger partial charge is 0.450 e. The highest BCUT2D eigenvalue weighted by molar-refractivity contribution is 5.66. The average molecular weight is 173 g/mol. The van der Waals surface area contributed by atoms with Crippen LogP contribution >= 0.6 is 0 Å². The first-order chi connectivity index (χ1) is 5.81. The second-order valence-electron chi connectivity index (χ2n) is 2.77. The van der Waals surface area contributed by atoms with Crippen LogP contribution in [0.4, 0.5) is 4.79 Å².